The summed E-state index contributed by atoms with van der Waals surface area (Å²) in [7, 11) is 1.18. The zero-order valence-corrected chi connectivity index (χ0v) is 8.80. The molecule has 1 aromatic heterocycles. The number of carbonyl (C=O) groups is 1. The van der Waals surface area contributed by atoms with Crippen molar-refractivity contribution in [1.82, 2.24) is 4.57 Å². The van der Waals surface area contributed by atoms with Gasteiger partial charge in [-0.3, -0.25) is 24.3 Å². The molecule has 1 aromatic rings. The van der Waals surface area contributed by atoms with Crippen LogP contribution < -0.4 is 5.56 Å². The Balaban J connectivity index is 3.20. The van der Waals surface area contributed by atoms with Crippen molar-refractivity contribution in [3.8, 4) is 0 Å². The van der Waals surface area contributed by atoms with E-state index >= 15 is 0 Å². The summed E-state index contributed by atoms with van der Waals surface area (Å²) >= 11 is 0. The molecule has 0 N–H and O–H groups in total. The molecule has 0 aliphatic rings. The highest BCUT2D eigenvalue weighted by atomic mass is 16.6. The lowest BCUT2D eigenvalue weighted by Crippen LogP contribution is -2.24. The van der Waals surface area contributed by atoms with E-state index in [1.54, 1.807) is 0 Å². The van der Waals surface area contributed by atoms with Crippen molar-refractivity contribution in [2.45, 2.75) is 13.5 Å². The topological polar surface area (TPSA) is 91.4 Å². The Morgan fingerprint density at radius 2 is 2.25 bits per heavy atom. The molecule has 7 nitrogen and oxygen atoms in total. The van der Waals surface area contributed by atoms with Crippen LogP contribution in [0.4, 0.5) is 5.69 Å². The number of methoxy groups -OCH3 is 1. The van der Waals surface area contributed by atoms with Crippen LogP contribution in [0.15, 0.2) is 17.1 Å². The standard InChI is InChI=1S/C9H10N2O5/c1-6-3-8(12)10(5-9(13)16-2)4-7(6)11(14)15/h3-4H,5H2,1-2H3. The molecule has 0 saturated heterocycles. The number of nitrogens with zero attached hydrogens (tertiary/aromatic N) is 2. The van der Waals surface area contributed by atoms with Gasteiger partial charge in [-0.25, -0.2) is 0 Å². The molecule has 0 amide bonds. The third kappa shape index (κ3) is 2.44. The zero-order valence-electron chi connectivity index (χ0n) is 8.80. The molecular formula is C9H10N2O5. The molecule has 0 fully saturated rings. The normalized spacial score (nSPS) is 9.88. The van der Waals surface area contributed by atoms with Gasteiger partial charge in [0.15, 0.2) is 0 Å². The Morgan fingerprint density at radius 1 is 1.62 bits per heavy atom. The molecular weight excluding hydrogens is 216 g/mol. The van der Waals surface area contributed by atoms with E-state index < -0.39 is 16.5 Å². The average molecular weight is 226 g/mol. The molecule has 0 aliphatic heterocycles. The molecule has 0 aromatic carbocycles. The van der Waals surface area contributed by atoms with E-state index in [0.717, 1.165) is 16.8 Å². The zero-order chi connectivity index (χ0) is 12.3. The lowest BCUT2D eigenvalue weighted by atomic mass is 10.2. The van der Waals surface area contributed by atoms with E-state index in [0.29, 0.717) is 0 Å². The van der Waals surface area contributed by atoms with Gasteiger partial charge in [0, 0.05) is 11.6 Å². The number of ether oxygens (including phenoxy) is 1. The molecule has 16 heavy (non-hydrogen) atoms. The Hall–Kier alpha value is -2.18. The minimum atomic E-state index is -0.639. The Morgan fingerprint density at radius 3 is 2.75 bits per heavy atom. The van der Waals surface area contributed by atoms with Crippen molar-refractivity contribution in [3.05, 3.63) is 38.3 Å². The molecule has 0 atom stereocenters. The number of hydrogen-bond donors (Lipinski definition) is 0. The number of aryl methyl sites for hydroxylation is 1. The predicted molar refractivity (Wildman–Crippen MR) is 54.1 cm³/mol. The highest BCUT2D eigenvalue weighted by molar-refractivity contribution is 5.69. The Kier molecular flexibility index (Phi) is 3.39. The summed E-state index contributed by atoms with van der Waals surface area (Å²) in [5.74, 6) is -0.639. The molecule has 0 bridgehead atoms. The van der Waals surface area contributed by atoms with E-state index in [2.05, 4.69) is 4.74 Å². The first-order valence-corrected chi connectivity index (χ1v) is 4.38. The van der Waals surface area contributed by atoms with Gasteiger partial charge in [-0.2, -0.15) is 0 Å². The molecule has 0 saturated carbocycles. The van der Waals surface area contributed by atoms with Crippen molar-refractivity contribution < 1.29 is 14.5 Å². The fourth-order valence-corrected chi connectivity index (χ4v) is 1.17. The van der Waals surface area contributed by atoms with Crippen molar-refractivity contribution in [3.63, 3.8) is 0 Å². The molecule has 0 spiro atoms. The van der Waals surface area contributed by atoms with Crippen LogP contribution in [0.1, 0.15) is 5.56 Å². The molecule has 0 unspecified atom stereocenters. The fourth-order valence-electron chi connectivity index (χ4n) is 1.17. The fraction of sp³-hybridized carbons (Fsp3) is 0.333. The van der Waals surface area contributed by atoms with Crippen LogP contribution in [0.5, 0.6) is 0 Å². The van der Waals surface area contributed by atoms with E-state index in [1.807, 2.05) is 0 Å². The lowest BCUT2D eigenvalue weighted by molar-refractivity contribution is -0.385. The van der Waals surface area contributed by atoms with E-state index in [9.17, 15) is 19.7 Å². The van der Waals surface area contributed by atoms with Gasteiger partial charge in [-0.15, -0.1) is 0 Å². The van der Waals surface area contributed by atoms with Crippen molar-refractivity contribution in [2.75, 3.05) is 7.11 Å². The van der Waals surface area contributed by atoms with Gasteiger partial charge >= 0.3 is 5.97 Å². The minimum Gasteiger partial charge on any atom is -0.468 e. The number of rotatable bonds is 3. The highest BCUT2D eigenvalue weighted by Crippen LogP contribution is 2.13. The summed E-state index contributed by atoms with van der Waals surface area (Å²) < 4.78 is 5.31. The van der Waals surface area contributed by atoms with E-state index in [4.69, 9.17) is 0 Å². The number of nitro groups is 1. The first-order valence-electron chi connectivity index (χ1n) is 4.38. The summed E-state index contributed by atoms with van der Waals surface area (Å²) in [5.41, 5.74) is -0.423. The molecule has 1 heterocycles. The maximum Gasteiger partial charge on any atom is 0.325 e. The smallest absolute Gasteiger partial charge is 0.325 e. The average Bonchev–Trinajstić information content (AvgIpc) is 2.21. The van der Waals surface area contributed by atoms with Gasteiger partial charge in [0.2, 0.25) is 0 Å². The minimum absolute atomic E-state index is 0.205. The summed E-state index contributed by atoms with van der Waals surface area (Å²) in [6.45, 7) is 1.12. The first-order chi connectivity index (χ1) is 7.45. The van der Waals surface area contributed by atoms with Gasteiger partial charge < -0.3 is 4.74 Å². The maximum atomic E-state index is 11.4. The van der Waals surface area contributed by atoms with Crippen LogP contribution >= 0.6 is 0 Å². The highest BCUT2D eigenvalue weighted by Gasteiger charge is 2.14. The first kappa shape index (κ1) is 11.9. The lowest BCUT2D eigenvalue weighted by Gasteiger charge is -2.04. The van der Waals surface area contributed by atoms with Crippen molar-refractivity contribution in [2.24, 2.45) is 0 Å². The van der Waals surface area contributed by atoms with Crippen LogP contribution in [0.2, 0.25) is 0 Å². The second-order valence-corrected chi connectivity index (χ2v) is 3.14. The van der Waals surface area contributed by atoms with Crippen molar-refractivity contribution in [1.29, 1.82) is 0 Å². The maximum absolute atomic E-state index is 11.4. The largest absolute Gasteiger partial charge is 0.468 e. The summed E-state index contributed by atoms with van der Waals surface area (Å²) in [6.07, 6.45) is 1.04. The summed E-state index contributed by atoms with van der Waals surface area (Å²) in [6, 6.07) is 1.11. The summed E-state index contributed by atoms with van der Waals surface area (Å²) in [4.78, 5) is 32.4. The van der Waals surface area contributed by atoms with Gasteiger partial charge in [-0.05, 0) is 6.92 Å². The van der Waals surface area contributed by atoms with Crippen LogP contribution in [0.3, 0.4) is 0 Å². The van der Waals surface area contributed by atoms with Crippen molar-refractivity contribution >= 4 is 11.7 Å². The number of aromatic nitrogens is 1. The van der Waals surface area contributed by atoms with Gasteiger partial charge in [0.25, 0.3) is 11.2 Å². The molecule has 1 rings (SSSR count). The molecule has 7 heteroatoms. The summed E-state index contributed by atoms with van der Waals surface area (Å²) in [5, 5.41) is 10.6. The van der Waals surface area contributed by atoms with Crippen LogP contribution in [0, 0.1) is 17.0 Å². The molecule has 0 aliphatic carbocycles. The van der Waals surface area contributed by atoms with Crippen LogP contribution in [-0.4, -0.2) is 22.6 Å². The number of pyridine rings is 1. The predicted octanol–water partition coefficient (Wildman–Crippen LogP) is 0.238. The Bertz CT molecular complexity index is 491. The second-order valence-electron chi connectivity index (χ2n) is 3.14. The second kappa shape index (κ2) is 4.56. The number of hydrogen-bond acceptors (Lipinski definition) is 5. The number of carbonyl (C=O) groups excluding carboxylic acids is 1. The molecule has 0 radical (unpaired) electrons. The monoisotopic (exact) mass is 226 g/mol. The third-order valence-corrected chi connectivity index (χ3v) is 2.03. The van der Waals surface area contributed by atoms with E-state index in [1.165, 1.54) is 14.0 Å². The number of esters is 1. The SMILES string of the molecule is COC(=O)Cn1cc([N+](=O)[O-])c(C)cc1=O. The third-order valence-electron chi connectivity index (χ3n) is 2.03. The van der Waals surface area contributed by atoms with Gasteiger partial charge in [0.1, 0.15) is 6.54 Å². The Labute approximate surface area is 90.4 Å². The van der Waals surface area contributed by atoms with Gasteiger partial charge in [0.05, 0.1) is 18.2 Å². The quantitative estimate of drug-likeness (QED) is 0.418. The van der Waals surface area contributed by atoms with E-state index in [-0.39, 0.29) is 17.8 Å². The van der Waals surface area contributed by atoms with Crippen LogP contribution in [0.25, 0.3) is 0 Å². The van der Waals surface area contributed by atoms with Gasteiger partial charge in [-0.1, -0.05) is 0 Å². The molecule has 86 valence electrons. The van der Waals surface area contributed by atoms with Crippen LogP contribution in [-0.2, 0) is 16.1 Å².